The molecule has 1 aromatic rings. The molecule has 1 aromatic carbocycles. The lowest BCUT2D eigenvalue weighted by atomic mass is 10.1. The van der Waals surface area contributed by atoms with Gasteiger partial charge >= 0.3 is 0 Å². The van der Waals surface area contributed by atoms with E-state index in [2.05, 4.69) is 31.4 Å². The van der Waals surface area contributed by atoms with Crippen molar-refractivity contribution in [2.45, 2.75) is 33.2 Å². The number of hydrogen-bond donors (Lipinski definition) is 2. The molecule has 0 radical (unpaired) electrons. The molecule has 0 aliphatic heterocycles. The zero-order valence-electron chi connectivity index (χ0n) is 10.4. The molecule has 0 saturated carbocycles. The van der Waals surface area contributed by atoms with Crippen molar-refractivity contribution in [3.63, 3.8) is 0 Å². The lowest BCUT2D eigenvalue weighted by Gasteiger charge is -2.23. The number of nitrogens with one attached hydrogen (secondary N) is 2. The van der Waals surface area contributed by atoms with E-state index >= 15 is 0 Å². The first-order valence-electron chi connectivity index (χ1n) is 5.59. The van der Waals surface area contributed by atoms with Crippen LogP contribution in [0.15, 0.2) is 24.3 Å². The zero-order valence-corrected chi connectivity index (χ0v) is 10.4. The minimum atomic E-state index is -0.0530. The highest BCUT2D eigenvalue weighted by atomic mass is 16.1. The van der Waals surface area contributed by atoms with Gasteiger partial charge in [-0.25, -0.2) is 0 Å². The summed E-state index contributed by atoms with van der Waals surface area (Å²) < 4.78 is 0. The maximum atomic E-state index is 11.8. The van der Waals surface area contributed by atoms with Crippen LogP contribution < -0.4 is 10.6 Å². The van der Waals surface area contributed by atoms with Gasteiger partial charge in [-0.2, -0.15) is 0 Å². The highest BCUT2D eigenvalue weighted by molar-refractivity contribution is 5.99. The second-order valence-electron chi connectivity index (χ2n) is 4.78. The first-order valence-corrected chi connectivity index (χ1v) is 5.59. The fraction of sp³-hybridized carbons (Fsp3) is 0.462. The molecular weight excluding hydrogens is 200 g/mol. The van der Waals surface area contributed by atoms with Crippen LogP contribution in [0.3, 0.4) is 0 Å². The number of rotatable bonds is 3. The Labute approximate surface area is 97.2 Å². The van der Waals surface area contributed by atoms with Gasteiger partial charge in [0.2, 0.25) is 0 Å². The van der Waals surface area contributed by atoms with Gasteiger partial charge in [-0.15, -0.1) is 0 Å². The molecular formula is C13H20N2O. The summed E-state index contributed by atoms with van der Waals surface area (Å²) in [4.78, 5) is 11.8. The highest BCUT2D eigenvalue weighted by Crippen LogP contribution is 2.19. The third kappa shape index (κ3) is 3.57. The van der Waals surface area contributed by atoms with E-state index in [0.29, 0.717) is 12.1 Å². The molecule has 3 heteroatoms. The SMILES string of the molecule is CCNC(=O)c1ccccc1NC(C)(C)C. The molecule has 1 rings (SSSR count). The Morgan fingerprint density at radius 2 is 1.88 bits per heavy atom. The average Bonchev–Trinajstić information content (AvgIpc) is 2.16. The predicted octanol–water partition coefficient (Wildman–Crippen LogP) is 2.65. The summed E-state index contributed by atoms with van der Waals surface area (Å²) in [5, 5.41) is 6.14. The number of benzene rings is 1. The molecule has 2 N–H and O–H groups in total. The van der Waals surface area contributed by atoms with Crippen molar-refractivity contribution in [2.75, 3.05) is 11.9 Å². The Bertz CT molecular complexity index is 366. The molecule has 0 bridgehead atoms. The number of amides is 1. The van der Waals surface area contributed by atoms with Gasteiger partial charge in [0.05, 0.1) is 5.56 Å². The maximum absolute atomic E-state index is 11.8. The van der Waals surface area contributed by atoms with Crippen molar-refractivity contribution in [1.82, 2.24) is 5.32 Å². The molecule has 0 atom stereocenters. The first kappa shape index (κ1) is 12.6. The summed E-state index contributed by atoms with van der Waals surface area (Å²) in [5.41, 5.74) is 1.52. The molecule has 16 heavy (non-hydrogen) atoms. The smallest absolute Gasteiger partial charge is 0.253 e. The second kappa shape index (κ2) is 5.01. The largest absolute Gasteiger partial charge is 0.380 e. The van der Waals surface area contributed by atoms with Gasteiger partial charge in [-0.3, -0.25) is 4.79 Å². The Morgan fingerprint density at radius 3 is 2.44 bits per heavy atom. The van der Waals surface area contributed by atoms with Crippen molar-refractivity contribution in [1.29, 1.82) is 0 Å². The van der Waals surface area contributed by atoms with E-state index in [9.17, 15) is 4.79 Å². The summed E-state index contributed by atoms with van der Waals surface area (Å²) in [5.74, 6) is -0.0325. The fourth-order valence-corrected chi connectivity index (χ4v) is 1.45. The van der Waals surface area contributed by atoms with Crippen molar-refractivity contribution in [3.05, 3.63) is 29.8 Å². The lowest BCUT2D eigenvalue weighted by molar-refractivity contribution is 0.0956. The van der Waals surface area contributed by atoms with Crippen molar-refractivity contribution in [2.24, 2.45) is 0 Å². The maximum Gasteiger partial charge on any atom is 0.253 e. The van der Waals surface area contributed by atoms with Crippen LogP contribution in [-0.2, 0) is 0 Å². The topological polar surface area (TPSA) is 41.1 Å². The van der Waals surface area contributed by atoms with Gasteiger partial charge in [-0.05, 0) is 39.8 Å². The highest BCUT2D eigenvalue weighted by Gasteiger charge is 2.15. The van der Waals surface area contributed by atoms with E-state index in [1.165, 1.54) is 0 Å². The Balaban J connectivity index is 2.96. The van der Waals surface area contributed by atoms with E-state index in [1.807, 2.05) is 31.2 Å². The molecule has 0 aliphatic rings. The number of para-hydroxylation sites is 1. The molecule has 0 fully saturated rings. The number of carbonyl (C=O) groups excluding carboxylic acids is 1. The van der Waals surface area contributed by atoms with E-state index in [0.717, 1.165) is 5.69 Å². The van der Waals surface area contributed by atoms with E-state index in [1.54, 1.807) is 0 Å². The van der Waals surface area contributed by atoms with Crippen molar-refractivity contribution in [3.8, 4) is 0 Å². The Morgan fingerprint density at radius 1 is 1.25 bits per heavy atom. The standard InChI is InChI=1S/C13H20N2O/c1-5-14-12(16)10-8-6-7-9-11(10)15-13(2,3)4/h6-9,15H,5H2,1-4H3,(H,14,16). The average molecular weight is 220 g/mol. The monoisotopic (exact) mass is 220 g/mol. The molecule has 0 unspecified atom stereocenters. The fourth-order valence-electron chi connectivity index (χ4n) is 1.45. The molecule has 0 saturated heterocycles. The molecule has 0 heterocycles. The summed E-state index contributed by atoms with van der Waals surface area (Å²) in [6.07, 6.45) is 0. The number of anilines is 1. The normalized spacial score (nSPS) is 11.0. The van der Waals surface area contributed by atoms with Gasteiger partial charge in [0.15, 0.2) is 0 Å². The van der Waals surface area contributed by atoms with Crippen LogP contribution in [0.1, 0.15) is 38.1 Å². The van der Waals surface area contributed by atoms with Crippen LogP contribution in [0.2, 0.25) is 0 Å². The van der Waals surface area contributed by atoms with Gasteiger partial charge in [-0.1, -0.05) is 12.1 Å². The molecule has 88 valence electrons. The van der Waals surface area contributed by atoms with Gasteiger partial charge in [0.1, 0.15) is 0 Å². The zero-order chi connectivity index (χ0) is 12.2. The third-order valence-electron chi connectivity index (χ3n) is 2.02. The number of carbonyl (C=O) groups is 1. The van der Waals surface area contributed by atoms with Crippen molar-refractivity contribution < 1.29 is 4.79 Å². The van der Waals surface area contributed by atoms with E-state index < -0.39 is 0 Å². The summed E-state index contributed by atoms with van der Waals surface area (Å²) in [6.45, 7) is 8.77. The molecule has 1 amide bonds. The third-order valence-corrected chi connectivity index (χ3v) is 2.02. The van der Waals surface area contributed by atoms with Crippen LogP contribution in [0.25, 0.3) is 0 Å². The van der Waals surface area contributed by atoms with Gasteiger partial charge in [0, 0.05) is 17.8 Å². The summed E-state index contributed by atoms with van der Waals surface area (Å²) in [6, 6.07) is 7.56. The van der Waals surface area contributed by atoms with Crippen LogP contribution in [0.5, 0.6) is 0 Å². The predicted molar refractivity (Wildman–Crippen MR) is 67.8 cm³/mol. The van der Waals surface area contributed by atoms with E-state index in [4.69, 9.17) is 0 Å². The Hall–Kier alpha value is -1.51. The molecule has 0 aromatic heterocycles. The van der Waals surface area contributed by atoms with E-state index in [-0.39, 0.29) is 11.4 Å². The molecule has 3 nitrogen and oxygen atoms in total. The van der Waals surface area contributed by atoms with Crippen LogP contribution in [0, 0.1) is 0 Å². The first-order chi connectivity index (χ1) is 7.44. The minimum absolute atomic E-state index is 0.0325. The second-order valence-corrected chi connectivity index (χ2v) is 4.78. The molecule has 0 aliphatic carbocycles. The quantitative estimate of drug-likeness (QED) is 0.822. The summed E-state index contributed by atoms with van der Waals surface area (Å²) >= 11 is 0. The van der Waals surface area contributed by atoms with Crippen LogP contribution >= 0.6 is 0 Å². The summed E-state index contributed by atoms with van der Waals surface area (Å²) in [7, 11) is 0. The van der Waals surface area contributed by atoms with Crippen LogP contribution in [0.4, 0.5) is 5.69 Å². The van der Waals surface area contributed by atoms with Gasteiger partial charge < -0.3 is 10.6 Å². The van der Waals surface area contributed by atoms with Crippen LogP contribution in [-0.4, -0.2) is 18.0 Å². The molecule has 0 spiro atoms. The number of hydrogen-bond acceptors (Lipinski definition) is 2. The lowest BCUT2D eigenvalue weighted by Crippen LogP contribution is -2.29. The minimum Gasteiger partial charge on any atom is -0.380 e. The van der Waals surface area contributed by atoms with Gasteiger partial charge in [0.25, 0.3) is 5.91 Å². The van der Waals surface area contributed by atoms with Crippen molar-refractivity contribution >= 4 is 11.6 Å². The Kier molecular flexibility index (Phi) is 3.93.